The van der Waals surface area contributed by atoms with Crippen LogP contribution in [0.25, 0.3) is 0 Å². The average molecular weight is 298 g/mol. The fourth-order valence-electron chi connectivity index (χ4n) is 2.30. The standard InChI is InChI=1S/C17H14O5/c1-20-14-9-13-12(8-16(18)22-17(13)19)7-15(14)21-10-11-5-3-2-4-6-11/h2-7,9H,8,10H2,1H3. The number of carbonyl (C=O) groups is 2. The zero-order chi connectivity index (χ0) is 15.5. The molecule has 1 aliphatic heterocycles. The summed E-state index contributed by atoms with van der Waals surface area (Å²) in [6, 6.07) is 12.9. The zero-order valence-corrected chi connectivity index (χ0v) is 12.0. The molecule has 3 rings (SSSR count). The molecular weight excluding hydrogens is 284 g/mol. The molecule has 0 spiro atoms. The van der Waals surface area contributed by atoms with E-state index in [1.165, 1.54) is 7.11 Å². The molecule has 0 saturated carbocycles. The quantitative estimate of drug-likeness (QED) is 0.641. The maximum Gasteiger partial charge on any atom is 0.346 e. The number of esters is 2. The minimum Gasteiger partial charge on any atom is -0.493 e. The van der Waals surface area contributed by atoms with Gasteiger partial charge < -0.3 is 14.2 Å². The van der Waals surface area contributed by atoms with Crippen LogP contribution in [0.5, 0.6) is 11.5 Å². The third-order valence-electron chi connectivity index (χ3n) is 3.39. The normalized spacial score (nSPS) is 13.3. The SMILES string of the molecule is COc1cc2c(cc1OCc1ccccc1)CC(=O)OC2=O. The van der Waals surface area contributed by atoms with Crippen LogP contribution in [0.3, 0.4) is 0 Å². The van der Waals surface area contributed by atoms with Crippen LogP contribution in [0.4, 0.5) is 0 Å². The van der Waals surface area contributed by atoms with E-state index in [0.717, 1.165) is 5.56 Å². The molecule has 0 N–H and O–H groups in total. The molecule has 2 aromatic rings. The van der Waals surface area contributed by atoms with E-state index in [0.29, 0.717) is 29.2 Å². The minimum atomic E-state index is -0.654. The van der Waals surface area contributed by atoms with E-state index in [4.69, 9.17) is 9.47 Å². The van der Waals surface area contributed by atoms with Gasteiger partial charge in [0, 0.05) is 0 Å². The highest BCUT2D eigenvalue weighted by atomic mass is 16.6. The molecule has 0 atom stereocenters. The van der Waals surface area contributed by atoms with E-state index in [-0.39, 0.29) is 6.42 Å². The second-order valence-corrected chi connectivity index (χ2v) is 4.87. The zero-order valence-electron chi connectivity index (χ0n) is 12.0. The molecular formula is C17H14O5. The highest BCUT2D eigenvalue weighted by Crippen LogP contribution is 2.33. The Labute approximate surface area is 127 Å². The van der Waals surface area contributed by atoms with Gasteiger partial charge in [0.05, 0.1) is 19.1 Å². The Balaban J connectivity index is 1.89. The lowest BCUT2D eigenvalue weighted by Gasteiger charge is -2.18. The monoisotopic (exact) mass is 298 g/mol. The molecule has 22 heavy (non-hydrogen) atoms. The first-order valence-electron chi connectivity index (χ1n) is 6.80. The van der Waals surface area contributed by atoms with Crippen LogP contribution in [0.15, 0.2) is 42.5 Å². The van der Waals surface area contributed by atoms with Gasteiger partial charge >= 0.3 is 11.9 Å². The molecule has 112 valence electrons. The number of ether oxygens (including phenoxy) is 3. The lowest BCUT2D eigenvalue weighted by Crippen LogP contribution is -2.23. The third-order valence-corrected chi connectivity index (χ3v) is 3.39. The number of benzene rings is 2. The third kappa shape index (κ3) is 2.79. The Kier molecular flexibility index (Phi) is 3.78. The summed E-state index contributed by atoms with van der Waals surface area (Å²) in [5.74, 6) is -0.288. The molecule has 5 heteroatoms. The summed E-state index contributed by atoms with van der Waals surface area (Å²) in [6.07, 6.45) is 0.0484. The van der Waals surface area contributed by atoms with Gasteiger partial charge in [0.25, 0.3) is 0 Å². The lowest BCUT2D eigenvalue weighted by atomic mass is 10.0. The highest BCUT2D eigenvalue weighted by molar-refractivity contribution is 6.03. The molecule has 2 aromatic carbocycles. The second-order valence-electron chi connectivity index (χ2n) is 4.87. The van der Waals surface area contributed by atoms with Crippen molar-refractivity contribution in [3.05, 3.63) is 59.2 Å². The smallest absolute Gasteiger partial charge is 0.346 e. The van der Waals surface area contributed by atoms with Crippen molar-refractivity contribution in [3.63, 3.8) is 0 Å². The maximum atomic E-state index is 11.7. The first kappa shape index (κ1) is 14.1. The van der Waals surface area contributed by atoms with E-state index in [1.807, 2.05) is 30.3 Å². The number of rotatable bonds is 4. The van der Waals surface area contributed by atoms with E-state index in [1.54, 1.807) is 12.1 Å². The van der Waals surface area contributed by atoms with Crippen molar-refractivity contribution < 1.29 is 23.8 Å². The van der Waals surface area contributed by atoms with Crippen molar-refractivity contribution in [1.29, 1.82) is 0 Å². The van der Waals surface area contributed by atoms with Gasteiger partial charge in [-0.2, -0.15) is 0 Å². The van der Waals surface area contributed by atoms with Gasteiger partial charge in [0.15, 0.2) is 11.5 Å². The Hall–Kier alpha value is -2.82. The predicted molar refractivity (Wildman–Crippen MR) is 77.9 cm³/mol. The summed E-state index contributed by atoms with van der Waals surface area (Å²) in [4.78, 5) is 23.1. The number of hydrogen-bond donors (Lipinski definition) is 0. The van der Waals surface area contributed by atoms with Crippen LogP contribution >= 0.6 is 0 Å². The number of carbonyl (C=O) groups excluding carboxylic acids is 2. The molecule has 0 radical (unpaired) electrons. The summed E-state index contributed by atoms with van der Waals surface area (Å²) in [6.45, 7) is 0.369. The molecule has 0 fully saturated rings. The Morgan fingerprint density at radius 1 is 1.09 bits per heavy atom. The Bertz CT molecular complexity index is 721. The van der Waals surface area contributed by atoms with Crippen molar-refractivity contribution in [2.24, 2.45) is 0 Å². The van der Waals surface area contributed by atoms with Gasteiger partial charge in [-0.15, -0.1) is 0 Å². The summed E-state index contributed by atoms with van der Waals surface area (Å²) in [5.41, 5.74) is 1.94. The van der Waals surface area contributed by atoms with Crippen LogP contribution < -0.4 is 9.47 Å². The second kappa shape index (κ2) is 5.89. The van der Waals surface area contributed by atoms with Gasteiger partial charge in [-0.3, -0.25) is 4.79 Å². The van der Waals surface area contributed by atoms with Crippen molar-refractivity contribution in [2.45, 2.75) is 13.0 Å². The van der Waals surface area contributed by atoms with Crippen molar-refractivity contribution in [1.82, 2.24) is 0 Å². The molecule has 1 heterocycles. The Morgan fingerprint density at radius 3 is 2.59 bits per heavy atom. The van der Waals surface area contributed by atoms with E-state index in [2.05, 4.69) is 4.74 Å². The van der Waals surface area contributed by atoms with Gasteiger partial charge in [-0.25, -0.2) is 4.79 Å². The minimum absolute atomic E-state index is 0.0484. The molecule has 0 aliphatic carbocycles. The van der Waals surface area contributed by atoms with Crippen molar-refractivity contribution in [3.8, 4) is 11.5 Å². The van der Waals surface area contributed by atoms with E-state index in [9.17, 15) is 9.59 Å². The van der Waals surface area contributed by atoms with Crippen LogP contribution in [0.2, 0.25) is 0 Å². The molecule has 5 nitrogen and oxygen atoms in total. The molecule has 0 saturated heterocycles. The van der Waals surface area contributed by atoms with Crippen LogP contribution in [0.1, 0.15) is 21.5 Å². The first-order valence-corrected chi connectivity index (χ1v) is 6.80. The number of cyclic esters (lactones) is 2. The van der Waals surface area contributed by atoms with Crippen molar-refractivity contribution >= 4 is 11.9 Å². The van der Waals surface area contributed by atoms with E-state index < -0.39 is 11.9 Å². The van der Waals surface area contributed by atoms with Crippen LogP contribution in [0, 0.1) is 0 Å². The lowest BCUT2D eigenvalue weighted by molar-refractivity contribution is -0.137. The van der Waals surface area contributed by atoms with E-state index >= 15 is 0 Å². The largest absolute Gasteiger partial charge is 0.493 e. The van der Waals surface area contributed by atoms with Gasteiger partial charge in [-0.05, 0) is 23.3 Å². The molecule has 1 aliphatic rings. The average Bonchev–Trinajstić information content (AvgIpc) is 2.53. The highest BCUT2D eigenvalue weighted by Gasteiger charge is 2.27. The molecule has 0 aromatic heterocycles. The van der Waals surface area contributed by atoms with Crippen molar-refractivity contribution in [2.75, 3.05) is 7.11 Å². The predicted octanol–water partition coefficient (Wildman–Crippen LogP) is 2.51. The molecule has 0 bridgehead atoms. The van der Waals surface area contributed by atoms with Crippen LogP contribution in [-0.4, -0.2) is 19.0 Å². The first-order chi connectivity index (χ1) is 10.7. The number of hydrogen-bond acceptors (Lipinski definition) is 5. The summed E-state index contributed by atoms with van der Waals surface area (Å²) in [5, 5.41) is 0. The number of methoxy groups -OCH3 is 1. The van der Waals surface area contributed by atoms with Gasteiger partial charge in [0.2, 0.25) is 0 Å². The van der Waals surface area contributed by atoms with Gasteiger partial charge in [-0.1, -0.05) is 30.3 Å². The molecule has 0 unspecified atom stereocenters. The fourth-order valence-corrected chi connectivity index (χ4v) is 2.30. The summed E-state index contributed by atoms with van der Waals surface area (Å²) >= 11 is 0. The topological polar surface area (TPSA) is 61.8 Å². The fraction of sp³-hybridized carbons (Fsp3) is 0.176. The summed E-state index contributed by atoms with van der Waals surface area (Å²) in [7, 11) is 1.50. The molecule has 0 amide bonds. The maximum absolute atomic E-state index is 11.7. The Morgan fingerprint density at radius 2 is 1.86 bits per heavy atom. The van der Waals surface area contributed by atoms with Gasteiger partial charge in [0.1, 0.15) is 6.61 Å². The number of fused-ring (bicyclic) bond motifs is 1. The summed E-state index contributed by atoms with van der Waals surface area (Å²) < 4.78 is 15.6. The van der Waals surface area contributed by atoms with Crippen LogP contribution in [-0.2, 0) is 22.6 Å².